The summed E-state index contributed by atoms with van der Waals surface area (Å²) in [6, 6.07) is 0. The second-order valence-corrected chi connectivity index (χ2v) is 8.10. The van der Waals surface area contributed by atoms with Crippen LogP contribution in [0.25, 0.3) is 0 Å². The third-order valence-electron chi connectivity index (χ3n) is 5.04. The van der Waals surface area contributed by atoms with Crippen molar-refractivity contribution in [1.29, 1.82) is 0 Å². The molecule has 0 radical (unpaired) electrons. The van der Waals surface area contributed by atoms with Gasteiger partial charge in [0.25, 0.3) is 0 Å². The Balaban J connectivity index is 1.99. The Morgan fingerprint density at radius 3 is 2.40 bits per heavy atom. The number of guanidine groups is 1. The lowest BCUT2D eigenvalue weighted by molar-refractivity contribution is -0.132. The summed E-state index contributed by atoms with van der Waals surface area (Å²) in [4.78, 5) is 7.27. The minimum Gasteiger partial charge on any atom is -0.357 e. The Morgan fingerprint density at radius 2 is 1.80 bits per heavy atom. The first-order valence-electron chi connectivity index (χ1n) is 9.37. The highest BCUT2D eigenvalue weighted by molar-refractivity contribution is 7.99. The summed E-state index contributed by atoms with van der Waals surface area (Å²) < 4.78 is 37.1. The highest BCUT2D eigenvalue weighted by atomic mass is 32.2. The Morgan fingerprint density at radius 1 is 1.12 bits per heavy atom. The number of aliphatic imine (C=N–C) groups is 1. The van der Waals surface area contributed by atoms with Gasteiger partial charge in [-0.2, -0.15) is 24.9 Å². The van der Waals surface area contributed by atoms with Crippen LogP contribution in [-0.2, 0) is 0 Å². The van der Waals surface area contributed by atoms with Crippen LogP contribution >= 0.6 is 11.8 Å². The maximum Gasteiger partial charge on any atom is 0.390 e. The van der Waals surface area contributed by atoms with E-state index in [1.54, 1.807) is 0 Å². The molecule has 1 heterocycles. The van der Waals surface area contributed by atoms with Gasteiger partial charge < -0.3 is 10.6 Å². The zero-order chi connectivity index (χ0) is 18.2. The Kier molecular flexibility index (Phi) is 8.19. The zero-order valence-electron chi connectivity index (χ0n) is 15.1. The van der Waals surface area contributed by atoms with Crippen LogP contribution in [-0.4, -0.2) is 66.8 Å². The predicted molar refractivity (Wildman–Crippen MR) is 99.4 cm³/mol. The van der Waals surface area contributed by atoms with Gasteiger partial charge in [0.15, 0.2) is 5.96 Å². The minimum atomic E-state index is -4.14. The first-order chi connectivity index (χ1) is 12.0. The van der Waals surface area contributed by atoms with Gasteiger partial charge in [-0.05, 0) is 19.8 Å². The number of nitrogens with one attached hydrogen (secondary N) is 2. The van der Waals surface area contributed by atoms with Gasteiger partial charge >= 0.3 is 6.18 Å². The standard InChI is InChI=1S/C17H31F3N4S/c1-2-21-15(22-9-8-17(18,19)20)23-14-16(6-4-3-5-7-16)24-10-12-25-13-11-24/h2-14H2,1H3,(H2,21,22,23). The van der Waals surface area contributed by atoms with Crippen LogP contribution in [0.4, 0.5) is 13.2 Å². The maximum absolute atomic E-state index is 12.4. The summed E-state index contributed by atoms with van der Waals surface area (Å²) in [5.41, 5.74) is 0.0889. The Labute approximate surface area is 153 Å². The average Bonchev–Trinajstić information content (AvgIpc) is 2.60. The van der Waals surface area contributed by atoms with E-state index in [2.05, 4.69) is 20.5 Å². The largest absolute Gasteiger partial charge is 0.390 e. The first-order valence-corrected chi connectivity index (χ1v) is 10.5. The van der Waals surface area contributed by atoms with E-state index in [0.717, 1.165) is 37.4 Å². The second kappa shape index (κ2) is 9.90. The van der Waals surface area contributed by atoms with E-state index in [4.69, 9.17) is 0 Å². The van der Waals surface area contributed by atoms with Crippen LogP contribution in [0.3, 0.4) is 0 Å². The van der Waals surface area contributed by atoms with Crippen molar-refractivity contribution in [1.82, 2.24) is 15.5 Å². The van der Waals surface area contributed by atoms with Crippen molar-refractivity contribution in [3.05, 3.63) is 0 Å². The quantitative estimate of drug-likeness (QED) is 0.548. The number of thioether (sulfide) groups is 1. The first kappa shape index (κ1) is 20.7. The lowest BCUT2D eigenvalue weighted by Gasteiger charge is -2.47. The van der Waals surface area contributed by atoms with Gasteiger partial charge in [-0.1, -0.05) is 19.3 Å². The highest BCUT2D eigenvalue weighted by Gasteiger charge is 2.38. The number of halogens is 3. The van der Waals surface area contributed by atoms with Crippen molar-refractivity contribution in [3.8, 4) is 0 Å². The molecule has 25 heavy (non-hydrogen) atoms. The van der Waals surface area contributed by atoms with Gasteiger partial charge in [0.2, 0.25) is 0 Å². The van der Waals surface area contributed by atoms with Crippen molar-refractivity contribution in [2.24, 2.45) is 4.99 Å². The lowest BCUT2D eigenvalue weighted by Crippen LogP contribution is -2.55. The van der Waals surface area contributed by atoms with E-state index >= 15 is 0 Å². The number of rotatable bonds is 6. The molecular formula is C17H31F3N4S. The van der Waals surface area contributed by atoms with Crippen LogP contribution in [0.2, 0.25) is 0 Å². The van der Waals surface area contributed by atoms with Crippen molar-refractivity contribution >= 4 is 17.7 Å². The third kappa shape index (κ3) is 6.89. The number of nitrogens with zero attached hydrogens (tertiary/aromatic N) is 2. The molecule has 1 aliphatic carbocycles. The van der Waals surface area contributed by atoms with Gasteiger partial charge in [-0.15, -0.1) is 0 Å². The van der Waals surface area contributed by atoms with E-state index in [9.17, 15) is 13.2 Å². The fourth-order valence-corrected chi connectivity index (χ4v) is 4.62. The number of alkyl halides is 3. The smallest absolute Gasteiger partial charge is 0.357 e. The molecule has 0 aromatic rings. The highest BCUT2D eigenvalue weighted by Crippen LogP contribution is 2.35. The molecule has 2 N–H and O–H groups in total. The van der Waals surface area contributed by atoms with E-state index in [0.29, 0.717) is 19.0 Å². The van der Waals surface area contributed by atoms with E-state index in [1.165, 1.54) is 19.3 Å². The minimum absolute atomic E-state index is 0.0889. The molecule has 146 valence electrons. The molecule has 0 aromatic carbocycles. The van der Waals surface area contributed by atoms with Gasteiger partial charge in [0.05, 0.1) is 13.0 Å². The predicted octanol–water partition coefficient (Wildman–Crippen LogP) is 3.25. The fourth-order valence-electron chi connectivity index (χ4n) is 3.71. The summed E-state index contributed by atoms with van der Waals surface area (Å²) in [7, 11) is 0. The molecule has 0 bridgehead atoms. The molecule has 1 aliphatic heterocycles. The number of hydrogen-bond acceptors (Lipinski definition) is 3. The van der Waals surface area contributed by atoms with Crippen LogP contribution < -0.4 is 10.6 Å². The van der Waals surface area contributed by atoms with Gasteiger partial charge in [-0.3, -0.25) is 9.89 Å². The van der Waals surface area contributed by atoms with Crippen molar-refractivity contribution in [2.45, 2.75) is 57.2 Å². The van der Waals surface area contributed by atoms with Crippen LogP contribution in [0.15, 0.2) is 4.99 Å². The molecule has 0 amide bonds. The Hall–Kier alpha value is -0.630. The molecule has 2 fully saturated rings. The molecule has 2 aliphatic rings. The monoisotopic (exact) mass is 380 g/mol. The molecule has 0 spiro atoms. The summed E-state index contributed by atoms with van der Waals surface area (Å²) in [5, 5.41) is 5.91. The number of hydrogen-bond donors (Lipinski definition) is 2. The zero-order valence-corrected chi connectivity index (χ0v) is 15.9. The summed E-state index contributed by atoms with van der Waals surface area (Å²) in [5.74, 6) is 2.83. The average molecular weight is 381 g/mol. The summed E-state index contributed by atoms with van der Waals surface area (Å²) in [6.07, 6.45) is 1.02. The molecular weight excluding hydrogens is 349 g/mol. The molecule has 4 nitrogen and oxygen atoms in total. The van der Waals surface area contributed by atoms with E-state index < -0.39 is 12.6 Å². The van der Waals surface area contributed by atoms with Gasteiger partial charge in [0, 0.05) is 43.2 Å². The third-order valence-corrected chi connectivity index (χ3v) is 5.99. The molecule has 0 atom stereocenters. The molecule has 0 unspecified atom stereocenters. The molecule has 1 saturated heterocycles. The summed E-state index contributed by atoms with van der Waals surface area (Å²) >= 11 is 2.00. The van der Waals surface area contributed by atoms with E-state index in [1.807, 2.05) is 18.7 Å². The summed E-state index contributed by atoms with van der Waals surface area (Å²) in [6.45, 7) is 5.29. The molecule has 0 aromatic heterocycles. The van der Waals surface area contributed by atoms with Crippen LogP contribution in [0.5, 0.6) is 0 Å². The van der Waals surface area contributed by atoms with Crippen molar-refractivity contribution < 1.29 is 13.2 Å². The Bertz CT molecular complexity index is 417. The van der Waals surface area contributed by atoms with E-state index in [-0.39, 0.29) is 12.1 Å². The molecule has 2 rings (SSSR count). The lowest BCUT2D eigenvalue weighted by atomic mass is 9.80. The fraction of sp³-hybridized carbons (Fsp3) is 0.941. The van der Waals surface area contributed by atoms with Gasteiger partial charge in [-0.25, -0.2) is 0 Å². The van der Waals surface area contributed by atoms with Crippen LogP contribution in [0.1, 0.15) is 45.4 Å². The maximum atomic E-state index is 12.4. The molecule has 1 saturated carbocycles. The van der Waals surface area contributed by atoms with Crippen molar-refractivity contribution in [3.63, 3.8) is 0 Å². The SMILES string of the molecule is CCNC(=NCC1(N2CCSCC2)CCCCC1)NCCC(F)(F)F. The topological polar surface area (TPSA) is 39.7 Å². The van der Waals surface area contributed by atoms with Crippen LogP contribution in [0, 0.1) is 0 Å². The van der Waals surface area contributed by atoms with Crippen molar-refractivity contribution in [2.75, 3.05) is 44.2 Å². The normalized spacial score (nSPS) is 22.6. The van der Waals surface area contributed by atoms with Gasteiger partial charge in [0.1, 0.15) is 0 Å². The molecule has 8 heteroatoms. The second-order valence-electron chi connectivity index (χ2n) is 6.87.